The highest BCUT2D eigenvalue weighted by Gasteiger charge is 2.21. The molecule has 1 aliphatic heterocycles. The minimum Gasteiger partial charge on any atom is -0.478 e. The van der Waals surface area contributed by atoms with Crippen molar-refractivity contribution in [3.8, 4) is 5.88 Å². The van der Waals surface area contributed by atoms with E-state index in [2.05, 4.69) is 19.9 Å². The van der Waals surface area contributed by atoms with Gasteiger partial charge in [-0.25, -0.2) is 19.7 Å². The second-order valence-electron chi connectivity index (χ2n) is 7.17. The second kappa shape index (κ2) is 9.19. The van der Waals surface area contributed by atoms with Crippen LogP contribution in [0.2, 0.25) is 5.02 Å². The van der Waals surface area contributed by atoms with Crippen LogP contribution in [-0.2, 0) is 0 Å². The Morgan fingerprint density at radius 1 is 1.29 bits per heavy atom. The number of aromatic nitrogens is 3. The summed E-state index contributed by atoms with van der Waals surface area (Å²) < 4.78 is 5.75. The summed E-state index contributed by atoms with van der Waals surface area (Å²) in [7, 11) is 0. The lowest BCUT2D eigenvalue weighted by Gasteiger charge is -2.31. The molecule has 1 fully saturated rings. The van der Waals surface area contributed by atoms with Crippen LogP contribution < -0.4 is 9.64 Å². The van der Waals surface area contributed by atoms with Gasteiger partial charge in [-0.15, -0.1) is 0 Å². The van der Waals surface area contributed by atoms with Crippen molar-refractivity contribution in [3.05, 3.63) is 40.3 Å². The average Bonchev–Trinajstić information content (AvgIpc) is 2.65. The predicted octanol–water partition coefficient (Wildman–Crippen LogP) is 3.92. The molecule has 1 saturated heterocycles. The van der Waals surface area contributed by atoms with Crippen LogP contribution in [0, 0.1) is 19.8 Å². The fourth-order valence-corrected chi connectivity index (χ4v) is 3.73. The van der Waals surface area contributed by atoms with Crippen LogP contribution in [0.25, 0.3) is 0 Å². The number of hydrogen-bond acceptors (Lipinski definition) is 6. The molecule has 0 aromatic carbocycles. The zero-order valence-corrected chi connectivity index (χ0v) is 16.9. The van der Waals surface area contributed by atoms with Gasteiger partial charge in [0.25, 0.3) is 0 Å². The Bertz CT molecular complexity index is 798. The molecule has 7 nitrogen and oxygen atoms in total. The number of carboxylic acid groups (broad SMARTS) is 1. The lowest BCUT2D eigenvalue weighted by molar-refractivity contribution is 0.0694. The maximum Gasteiger partial charge on any atom is 0.337 e. The number of halogens is 1. The van der Waals surface area contributed by atoms with E-state index in [0.29, 0.717) is 34.7 Å². The first-order valence-electron chi connectivity index (χ1n) is 9.51. The summed E-state index contributed by atoms with van der Waals surface area (Å²) in [5.74, 6) is 0.949. The van der Waals surface area contributed by atoms with Gasteiger partial charge in [-0.05, 0) is 51.0 Å². The molecule has 0 spiro atoms. The van der Waals surface area contributed by atoms with Crippen molar-refractivity contribution in [2.45, 2.75) is 39.5 Å². The van der Waals surface area contributed by atoms with E-state index in [1.807, 2.05) is 0 Å². The Morgan fingerprint density at radius 3 is 2.57 bits per heavy atom. The van der Waals surface area contributed by atoms with Crippen LogP contribution >= 0.6 is 11.6 Å². The molecule has 0 radical (unpaired) electrons. The SMILES string of the molecule is Cc1cc(OCCCC2CCN(c3ncc(Cl)cn3)CC2)nc(C)c1C(=O)O. The van der Waals surface area contributed by atoms with Crippen molar-refractivity contribution in [3.63, 3.8) is 0 Å². The van der Waals surface area contributed by atoms with E-state index in [1.165, 1.54) is 0 Å². The van der Waals surface area contributed by atoms with Crippen molar-refractivity contribution in [1.29, 1.82) is 0 Å². The molecule has 0 atom stereocenters. The minimum atomic E-state index is -0.954. The van der Waals surface area contributed by atoms with Crippen LogP contribution in [0.4, 0.5) is 5.95 Å². The van der Waals surface area contributed by atoms with Gasteiger partial charge in [0, 0.05) is 19.2 Å². The van der Waals surface area contributed by atoms with E-state index in [0.717, 1.165) is 44.7 Å². The first kappa shape index (κ1) is 20.3. The summed E-state index contributed by atoms with van der Waals surface area (Å²) in [6, 6.07) is 1.70. The zero-order valence-electron chi connectivity index (χ0n) is 16.2. The van der Waals surface area contributed by atoms with Crippen LogP contribution in [0.15, 0.2) is 18.5 Å². The Hall–Kier alpha value is -2.41. The van der Waals surface area contributed by atoms with E-state index in [-0.39, 0.29) is 5.56 Å². The number of carboxylic acids is 1. The maximum atomic E-state index is 11.2. The van der Waals surface area contributed by atoms with E-state index in [4.69, 9.17) is 16.3 Å². The molecular formula is C20H25ClN4O3. The molecular weight excluding hydrogens is 380 g/mol. The largest absolute Gasteiger partial charge is 0.478 e. The van der Waals surface area contributed by atoms with Gasteiger partial charge in [0.1, 0.15) is 0 Å². The highest BCUT2D eigenvalue weighted by atomic mass is 35.5. The maximum absolute atomic E-state index is 11.2. The standard InChI is InChI=1S/C20H25ClN4O3/c1-13-10-17(24-14(2)18(13)19(26)27)28-9-3-4-15-5-7-25(8-6-15)20-22-11-16(21)12-23-20/h10-12,15H,3-9H2,1-2H3,(H,26,27). The Balaban J connectivity index is 1.41. The van der Waals surface area contributed by atoms with Gasteiger partial charge in [0.15, 0.2) is 0 Å². The molecule has 28 heavy (non-hydrogen) atoms. The van der Waals surface area contributed by atoms with Crippen LogP contribution in [-0.4, -0.2) is 45.7 Å². The van der Waals surface area contributed by atoms with Crippen molar-refractivity contribution < 1.29 is 14.6 Å². The van der Waals surface area contributed by atoms with Crippen molar-refractivity contribution in [2.75, 3.05) is 24.6 Å². The molecule has 3 rings (SSSR count). The smallest absolute Gasteiger partial charge is 0.337 e. The van der Waals surface area contributed by atoms with E-state index >= 15 is 0 Å². The summed E-state index contributed by atoms with van der Waals surface area (Å²) in [5.41, 5.74) is 1.41. The number of ether oxygens (including phenoxy) is 1. The van der Waals surface area contributed by atoms with Gasteiger partial charge in [0.05, 0.1) is 35.3 Å². The molecule has 0 aliphatic carbocycles. The molecule has 0 bridgehead atoms. The molecule has 8 heteroatoms. The number of pyridine rings is 1. The fraction of sp³-hybridized carbons (Fsp3) is 0.500. The summed E-state index contributed by atoms with van der Waals surface area (Å²) in [6.45, 7) is 5.94. The number of nitrogens with zero attached hydrogens (tertiary/aromatic N) is 4. The van der Waals surface area contributed by atoms with Gasteiger partial charge in [-0.1, -0.05) is 11.6 Å². The molecule has 2 aromatic rings. The minimum absolute atomic E-state index is 0.253. The second-order valence-corrected chi connectivity index (χ2v) is 7.60. The summed E-state index contributed by atoms with van der Waals surface area (Å²) in [4.78, 5) is 26.2. The van der Waals surface area contributed by atoms with Crippen molar-refractivity contribution >= 4 is 23.5 Å². The van der Waals surface area contributed by atoms with Crippen molar-refractivity contribution in [2.24, 2.45) is 5.92 Å². The molecule has 150 valence electrons. The van der Waals surface area contributed by atoms with E-state index in [9.17, 15) is 9.90 Å². The van der Waals surface area contributed by atoms with Gasteiger partial charge in [-0.3, -0.25) is 0 Å². The normalized spacial score (nSPS) is 14.9. The number of aryl methyl sites for hydroxylation is 2. The first-order valence-corrected chi connectivity index (χ1v) is 9.88. The molecule has 0 amide bonds. The average molecular weight is 405 g/mol. The molecule has 0 unspecified atom stereocenters. The number of piperidine rings is 1. The fourth-order valence-electron chi connectivity index (χ4n) is 3.63. The van der Waals surface area contributed by atoms with E-state index in [1.54, 1.807) is 32.3 Å². The third-order valence-electron chi connectivity index (χ3n) is 5.10. The number of hydrogen-bond donors (Lipinski definition) is 1. The van der Waals surface area contributed by atoms with E-state index < -0.39 is 5.97 Å². The van der Waals surface area contributed by atoms with Crippen LogP contribution in [0.3, 0.4) is 0 Å². The molecule has 1 aliphatic rings. The molecule has 3 heterocycles. The number of carbonyl (C=O) groups is 1. The Morgan fingerprint density at radius 2 is 1.96 bits per heavy atom. The monoisotopic (exact) mass is 404 g/mol. The van der Waals surface area contributed by atoms with Gasteiger partial charge in [-0.2, -0.15) is 0 Å². The van der Waals surface area contributed by atoms with Gasteiger partial charge >= 0.3 is 5.97 Å². The first-order chi connectivity index (χ1) is 13.4. The van der Waals surface area contributed by atoms with Gasteiger partial charge < -0.3 is 14.7 Å². The van der Waals surface area contributed by atoms with Gasteiger partial charge in [0.2, 0.25) is 11.8 Å². The van der Waals surface area contributed by atoms with Crippen LogP contribution in [0.1, 0.15) is 47.3 Å². The van der Waals surface area contributed by atoms with Crippen LogP contribution in [0.5, 0.6) is 5.88 Å². The number of anilines is 1. The molecule has 0 saturated carbocycles. The highest BCUT2D eigenvalue weighted by molar-refractivity contribution is 6.30. The lowest BCUT2D eigenvalue weighted by atomic mass is 9.92. The molecule has 2 aromatic heterocycles. The quantitative estimate of drug-likeness (QED) is 0.699. The summed E-state index contributed by atoms with van der Waals surface area (Å²) in [5, 5.41) is 9.75. The number of aromatic carboxylic acids is 1. The summed E-state index contributed by atoms with van der Waals surface area (Å²) in [6.07, 6.45) is 7.52. The lowest BCUT2D eigenvalue weighted by Crippen LogP contribution is -2.34. The molecule has 1 N–H and O–H groups in total. The van der Waals surface area contributed by atoms with Crippen molar-refractivity contribution in [1.82, 2.24) is 15.0 Å². The zero-order chi connectivity index (χ0) is 20.1. The Labute approximate surface area is 169 Å². The highest BCUT2D eigenvalue weighted by Crippen LogP contribution is 2.25. The topological polar surface area (TPSA) is 88.4 Å². The Kier molecular flexibility index (Phi) is 6.67. The predicted molar refractivity (Wildman–Crippen MR) is 107 cm³/mol. The third-order valence-corrected chi connectivity index (χ3v) is 5.29. The summed E-state index contributed by atoms with van der Waals surface area (Å²) >= 11 is 5.84. The third kappa shape index (κ3) is 5.10. The number of rotatable bonds is 7.